The molecule has 2 aromatic rings. The van der Waals surface area contributed by atoms with Crippen molar-refractivity contribution in [3.63, 3.8) is 0 Å². The second-order valence-corrected chi connectivity index (χ2v) is 6.80. The Morgan fingerprint density at radius 1 is 1.16 bits per heavy atom. The summed E-state index contributed by atoms with van der Waals surface area (Å²) in [6.45, 7) is 1.48. The normalized spacial score (nSPS) is 12.0. The highest BCUT2D eigenvalue weighted by Gasteiger charge is 2.34. The van der Waals surface area contributed by atoms with Gasteiger partial charge in [-0.15, -0.1) is 0 Å². The van der Waals surface area contributed by atoms with Gasteiger partial charge in [0.05, 0.1) is 21.7 Å². The smallest absolute Gasteiger partial charge is 0.416 e. The van der Waals surface area contributed by atoms with Crippen LogP contribution in [0.3, 0.4) is 0 Å². The molecule has 0 aliphatic heterocycles. The molecule has 0 bridgehead atoms. The number of halogens is 3. The highest BCUT2D eigenvalue weighted by Crippen LogP contribution is 2.36. The number of nitrogens with one attached hydrogen (secondary N) is 1. The SMILES string of the molecule is CCc1c(NS(=O)(=O)c2cccc(C(=O)O)c2)cccc1C(F)(F)F. The summed E-state index contributed by atoms with van der Waals surface area (Å²) in [7, 11) is -4.24. The quantitative estimate of drug-likeness (QED) is 0.836. The van der Waals surface area contributed by atoms with E-state index < -0.39 is 27.7 Å². The predicted octanol–water partition coefficient (Wildman–Crippen LogP) is 3.77. The summed E-state index contributed by atoms with van der Waals surface area (Å²) in [4.78, 5) is 10.6. The van der Waals surface area contributed by atoms with Crippen LogP contribution in [0.4, 0.5) is 18.9 Å². The molecule has 0 radical (unpaired) electrons. The molecule has 5 nitrogen and oxygen atoms in total. The lowest BCUT2D eigenvalue weighted by molar-refractivity contribution is -0.138. The number of aromatic carboxylic acids is 1. The van der Waals surface area contributed by atoms with Crippen LogP contribution in [0.2, 0.25) is 0 Å². The molecule has 0 saturated heterocycles. The zero-order chi connectivity index (χ0) is 18.8. The van der Waals surface area contributed by atoms with Crippen LogP contribution in [-0.2, 0) is 22.6 Å². The van der Waals surface area contributed by atoms with E-state index in [0.29, 0.717) is 0 Å². The minimum atomic E-state index is -4.62. The van der Waals surface area contributed by atoms with Gasteiger partial charge < -0.3 is 5.11 Å². The Kier molecular flexibility index (Phi) is 5.07. The molecule has 0 atom stereocenters. The summed E-state index contributed by atoms with van der Waals surface area (Å²) in [5.74, 6) is -1.31. The molecule has 0 amide bonds. The molecule has 0 aromatic heterocycles. The van der Waals surface area contributed by atoms with Crippen LogP contribution in [0.25, 0.3) is 0 Å². The number of hydrogen-bond acceptors (Lipinski definition) is 3. The first-order chi connectivity index (χ1) is 11.6. The third-order valence-corrected chi connectivity index (χ3v) is 4.83. The van der Waals surface area contributed by atoms with Gasteiger partial charge in [0.1, 0.15) is 0 Å². The third kappa shape index (κ3) is 4.11. The number of hydrogen-bond donors (Lipinski definition) is 2. The fraction of sp³-hybridized carbons (Fsp3) is 0.188. The Morgan fingerprint density at radius 3 is 2.36 bits per heavy atom. The average molecular weight is 373 g/mol. The van der Waals surface area contributed by atoms with Crippen molar-refractivity contribution in [2.45, 2.75) is 24.4 Å². The van der Waals surface area contributed by atoms with E-state index in [1.54, 1.807) is 0 Å². The lowest BCUT2D eigenvalue weighted by Gasteiger charge is -2.17. The first-order valence-corrected chi connectivity index (χ1v) is 8.60. The second-order valence-electron chi connectivity index (χ2n) is 5.12. The van der Waals surface area contributed by atoms with E-state index in [1.165, 1.54) is 25.1 Å². The molecule has 9 heteroatoms. The Hall–Kier alpha value is -2.55. The van der Waals surface area contributed by atoms with Gasteiger partial charge in [0.2, 0.25) is 0 Å². The molecule has 0 fully saturated rings. The van der Waals surface area contributed by atoms with Gasteiger partial charge in [-0.1, -0.05) is 19.1 Å². The van der Waals surface area contributed by atoms with Gasteiger partial charge in [-0.2, -0.15) is 13.2 Å². The Morgan fingerprint density at radius 2 is 1.80 bits per heavy atom. The average Bonchev–Trinajstić information content (AvgIpc) is 2.53. The van der Waals surface area contributed by atoms with Crippen molar-refractivity contribution in [2.24, 2.45) is 0 Å². The molecule has 2 rings (SSSR count). The summed E-state index contributed by atoms with van der Waals surface area (Å²) in [5.41, 5.74) is -1.55. The molecule has 0 spiro atoms. The van der Waals surface area contributed by atoms with Crippen molar-refractivity contribution < 1.29 is 31.5 Å². The molecular formula is C16H14F3NO4S. The van der Waals surface area contributed by atoms with Crippen LogP contribution in [0.1, 0.15) is 28.4 Å². The van der Waals surface area contributed by atoms with E-state index in [2.05, 4.69) is 4.72 Å². The molecule has 0 saturated carbocycles. The molecule has 134 valence electrons. The summed E-state index contributed by atoms with van der Waals surface area (Å²) >= 11 is 0. The lowest BCUT2D eigenvalue weighted by Crippen LogP contribution is -2.17. The van der Waals surface area contributed by atoms with E-state index in [4.69, 9.17) is 5.11 Å². The first kappa shape index (κ1) is 18.8. The zero-order valence-electron chi connectivity index (χ0n) is 13.0. The summed E-state index contributed by atoms with van der Waals surface area (Å²) in [6, 6.07) is 7.76. The van der Waals surface area contributed by atoms with Crippen molar-refractivity contribution in [1.29, 1.82) is 0 Å². The van der Waals surface area contributed by atoms with E-state index in [-0.39, 0.29) is 28.1 Å². The van der Waals surface area contributed by atoms with Gasteiger partial charge >= 0.3 is 12.1 Å². The summed E-state index contributed by atoms with van der Waals surface area (Å²) < 4.78 is 66.2. The van der Waals surface area contributed by atoms with Crippen molar-refractivity contribution in [1.82, 2.24) is 0 Å². The number of anilines is 1. The molecule has 0 aliphatic rings. The number of alkyl halides is 3. The van der Waals surface area contributed by atoms with Crippen LogP contribution in [0.5, 0.6) is 0 Å². The van der Waals surface area contributed by atoms with Gasteiger partial charge in [-0.3, -0.25) is 4.72 Å². The van der Waals surface area contributed by atoms with Crippen LogP contribution in [-0.4, -0.2) is 19.5 Å². The number of sulfonamides is 1. The minimum absolute atomic E-state index is 0.0390. The predicted molar refractivity (Wildman–Crippen MR) is 85.0 cm³/mol. The van der Waals surface area contributed by atoms with Crippen molar-refractivity contribution in [2.75, 3.05) is 4.72 Å². The third-order valence-electron chi connectivity index (χ3n) is 3.47. The highest BCUT2D eigenvalue weighted by atomic mass is 32.2. The second kappa shape index (κ2) is 6.75. The Bertz CT molecular complexity index is 908. The molecule has 2 aromatic carbocycles. The fourth-order valence-electron chi connectivity index (χ4n) is 2.33. The Balaban J connectivity index is 2.49. The van der Waals surface area contributed by atoms with E-state index in [9.17, 15) is 26.4 Å². The molecule has 0 heterocycles. The van der Waals surface area contributed by atoms with E-state index >= 15 is 0 Å². The monoisotopic (exact) mass is 373 g/mol. The van der Waals surface area contributed by atoms with Gasteiger partial charge in [0.25, 0.3) is 10.0 Å². The van der Waals surface area contributed by atoms with Gasteiger partial charge in [0, 0.05) is 0 Å². The highest BCUT2D eigenvalue weighted by molar-refractivity contribution is 7.92. The van der Waals surface area contributed by atoms with Gasteiger partial charge in [-0.25, -0.2) is 13.2 Å². The number of carboxylic acids is 1. The molecule has 0 aliphatic carbocycles. The summed E-state index contributed by atoms with van der Waals surface area (Å²) in [5, 5.41) is 8.93. The van der Waals surface area contributed by atoms with Crippen LogP contribution < -0.4 is 4.72 Å². The molecule has 0 unspecified atom stereocenters. The van der Waals surface area contributed by atoms with E-state index in [0.717, 1.165) is 24.3 Å². The number of carboxylic acid groups (broad SMARTS) is 1. The topological polar surface area (TPSA) is 83.5 Å². The fourth-order valence-corrected chi connectivity index (χ4v) is 3.47. The first-order valence-electron chi connectivity index (χ1n) is 7.11. The van der Waals surface area contributed by atoms with E-state index in [1.807, 2.05) is 0 Å². The molecule has 25 heavy (non-hydrogen) atoms. The zero-order valence-corrected chi connectivity index (χ0v) is 13.8. The largest absolute Gasteiger partial charge is 0.478 e. The molecular weight excluding hydrogens is 359 g/mol. The number of carbonyl (C=O) groups is 1. The van der Waals surface area contributed by atoms with Gasteiger partial charge in [0.15, 0.2) is 0 Å². The van der Waals surface area contributed by atoms with Crippen molar-refractivity contribution in [3.8, 4) is 0 Å². The number of benzene rings is 2. The maximum absolute atomic E-state index is 13.1. The van der Waals surface area contributed by atoms with Crippen LogP contribution in [0, 0.1) is 0 Å². The van der Waals surface area contributed by atoms with Crippen LogP contribution in [0.15, 0.2) is 47.4 Å². The maximum atomic E-state index is 13.1. The summed E-state index contributed by atoms with van der Waals surface area (Å²) in [6.07, 6.45) is -4.65. The van der Waals surface area contributed by atoms with Gasteiger partial charge in [-0.05, 0) is 42.3 Å². The number of rotatable bonds is 5. The van der Waals surface area contributed by atoms with Crippen LogP contribution >= 0.6 is 0 Å². The van der Waals surface area contributed by atoms with Crippen molar-refractivity contribution >= 4 is 21.7 Å². The minimum Gasteiger partial charge on any atom is -0.478 e. The maximum Gasteiger partial charge on any atom is 0.416 e. The van der Waals surface area contributed by atoms with Crippen molar-refractivity contribution in [3.05, 3.63) is 59.2 Å². The lowest BCUT2D eigenvalue weighted by atomic mass is 10.0. The molecule has 2 N–H and O–H groups in total. The standard InChI is InChI=1S/C16H14F3NO4S/c1-2-12-13(16(17,18)19)7-4-8-14(12)20-25(23,24)11-6-3-5-10(9-11)15(21)22/h3-9,20H,2H2,1H3,(H,21,22). The Labute approximate surface area is 142 Å².